The highest BCUT2D eigenvalue weighted by Crippen LogP contribution is 2.30. The molecule has 0 aliphatic rings. The summed E-state index contributed by atoms with van der Waals surface area (Å²) in [6.45, 7) is 0.128. The predicted molar refractivity (Wildman–Crippen MR) is 99.6 cm³/mol. The van der Waals surface area contributed by atoms with Crippen molar-refractivity contribution in [2.75, 3.05) is 6.54 Å². The summed E-state index contributed by atoms with van der Waals surface area (Å²) in [5.74, 6) is -2.37. The molecular weight excluding hydrogens is 442 g/mol. The highest BCUT2D eigenvalue weighted by molar-refractivity contribution is 7.89. The zero-order chi connectivity index (χ0) is 22.2. The summed E-state index contributed by atoms with van der Waals surface area (Å²) < 4.78 is 84.1. The Morgan fingerprint density at radius 1 is 1.13 bits per heavy atom. The number of sulfonamides is 1. The van der Waals surface area contributed by atoms with E-state index < -0.39 is 27.9 Å². The lowest BCUT2D eigenvalue weighted by atomic mass is 10.2. The zero-order valence-corrected chi connectivity index (χ0v) is 16.3. The first-order valence-corrected chi connectivity index (χ1v) is 10.2. The van der Waals surface area contributed by atoms with Crippen LogP contribution in [0.3, 0.4) is 0 Å². The van der Waals surface area contributed by atoms with E-state index in [4.69, 9.17) is 0 Å². The van der Waals surface area contributed by atoms with Crippen LogP contribution >= 0.6 is 0 Å². The molecule has 2 aromatic carbocycles. The van der Waals surface area contributed by atoms with Crippen molar-refractivity contribution in [3.05, 3.63) is 60.5 Å². The Bertz CT molecular complexity index is 1350. The number of hydrogen-bond donors (Lipinski definition) is 1. The van der Waals surface area contributed by atoms with Gasteiger partial charge in [0, 0.05) is 18.7 Å². The van der Waals surface area contributed by atoms with Gasteiger partial charge in [0.1, 0.15) is 5.82 Å². The summed E-state index contributed by atoms with van der Waals surface area (Å²) in [6, 6.07) is 9.19. The van der Waals surface area contributed by atoms with E-state index in [1.54, 1.807) is 10.6 Å². The molecule has 0 fully saturated rings. The molecule has 0 unspecified atom stereocenters. The van der Waals surface area contributed by atoms with Gasteiger partial charge in [-0.2, -0.15) is 18.2 Å². The van der Waals surface area contributed by atoms with Crippen LogP contribution in [0.25, 0.3) is 22.4 Å². The van der Waals surface area contributed by atoms with Crippen LogP contribution in [-0.4, -0.2) is 34.7 Å². The highest BCUT2D eigenvalue weighted by atomic mass is 32.2. The van der Waals surface area contributed by atoms with Crippen molar-refractivity contribution in [1.29, 1.82) is 0 Å². The predicted octanol–water partition coefficient (Wildman–Crippen LogP) is 3.22. The van der Waals surface area contributed by atoms with Gasteiger partial charge in [0.15, 0.2) is 0 Å². The average Bonchev–Trinajstić information content (AvgIpc) is 3.35. The van der Waals surface area contributed by atoms with Gasteiger partial charge in [-0.1, -0.05) is 11.2 Å². The quantitative estimate of drug-likeness (QED) is 0.448. The number of aromatic nitrogens is 4. The molecule has 4 aromatic rings. The minimum atomic E-state index is -4.75. The van der Waals surface area contributed by atoms with Gasteiger partial charge in [0.2, 0.25) is 15.8 Å². The number of halogens is 4. The fraction of sp³-hybridized carbons (Fsp3) is 0.167. The molecular formula is C18H13F4N5O3S. The molecule has 0 spiro atoms. The van der Waals surface area contributed by atoms with Crippen LogP contribution in [0.5, 0.6) is 0 Å². The van der Waals surface area contributed by atoms with E-state index in [0.717, 1.165) is 12.1 Å². The third kappa shape index (κ3) is 4.41. The number of imidazole rings is 1. The van der Waals surface area contributed by atoms with Crippen LogP contribution in [-0.2, 0) is 22.7 Å². The summed E-state index contributed by atoms with van der Waals surface area (Å²) in [5.41, 5.74) is 1.34. The molecule has 8 nitrogen and oxygen atoms in total. The van der Waals surface area contributed by atoms with Crippen LogP contribution in [0.15, 0.2) is 58.2 Å². The number of rotatable bonds is 6. The van der Waals surface area contributed by atoms with Crippen molar-refractivity contribution in [2.45, 2.75) is 17.6 Å². The topological polar surface area (TPSA) is 103 Å². The molecule has 0 saturated carbocycles. The lowest BCUT2D eigenvalue weighted by Crippen LogP contribution is -2.27. The van der Waals surface area contributed by atoms with Crippen LogP contribution in [0.2, 0.25) is 0 Å². The van der Waals surface area contributed by atoms with Gasteiger partial charge in [0.05, 0.1) is 22.3 Å². The molecule has 31 heavy (non-hydrogen) atoms. The fourth-order valence-electron chi connectivity index (χ4n) is 2.85. The Balaban J connectivity index is 1.52. The molecule has 1 N–H and O–H groups in total. The Morgan fingerprint density at radius 2 is 1.94 bits per heavy atom. The van der Waals surface area contributed by atoms with Crippen LogP contribution in [0, 0.1) is 5.82 Å². The summed E-state index contributed by atoms with van der Waals surface area (Å²) in [4.78, 5) is 7.32. The normalized spacial score (nSPS) is 12.5. The van der Waals surface area contributed by atoms with Crippen molar-refractivity contribution < 1.29 is 30.5 Å². The number of alkyl halides is 3. The molecule has 0 amide bonds. The van der Waals surface area contributed by atoms with Gasteiger partial charge in [-0.05, 0) is 36.4 Å². The summed E-state index contributed by atoms with van der Waals surface area (Å²) in [5, 5.41) is 3.35. The van der Waals surface area contributed by atoms with E-state index in [-0.39, 0.29) is 29.4 Å². The molecule has 0 saturated heterocycles. The van der Waals surface area contributed by atoms with E-state index in [0.29, 0.717) is 11.0 Å². The highest BCUT2D eigenvalue weighted by Gasteiger charge is 2.38. The van der Waals surface area contributed by atoms with Gasteiger partial charge in [-0.15, -0.1) is 0 Å². The third-order valence-electron chi connectivity index (χ3n) is 4.30. The molecule has 4 rings (SSSR count). The van der Waals surface area contributed by atoms with Gasteiger partial charge in [-0.25, -0.2) is 22.5 Å². The molecule has 0 radical (unpaired) electrons. The summed E-state index contributed by atoms with van der Waals surface area (Å²) in [7, 11) is -3.91. The number of benzene rings is 2. The maximum absolute atomic E-state index is 13.3. The number of nitrogens with one attached hydrogen (secondary N) is 1. The van der Waals surface area contributed by atoms with Gasteiger partial charge in [-0.3, -0.25) is 0 Å². The van der Waals surface area contributed by atoms with Gasteiger partial charge < -0.3 is 9.09 Å². The SMILES string of the molecule is O=S(=O)(NCCn1cnc2ccc(-c3noc(C(F)(F)F)n3)cc21)c1cccc(F)c1. The molecule has 13 heteroatoms. The van der Waals surface area contributed by atoms with Crippen LogP contribution in [0.4, 0.5) is 17.6 Å². The maximum atomic E-state index is 13.3. The van der Waals surface area contributed by atoms with Crippen molar-refractivity contribution in [1.82, 2.24) is 24.4 Å². The first kappa shape index (κ1) is 20.9. The van der Waals surface area contributed by atoms with Gasteiger partial charge >= 0.3 is 12.1 Å². The molecule has 0 bridgehead atoms. The Morgan fingerprint density at radius 3 is 2.65 bits per heavy atom. The third-order valence-corrected chi connectivity index (χ3v) is 5.76. The van der Waals surface area contributed by atoms with Crippen molar-refractivity contribution >= 4 is 21.1 Å². The van der Waals surface area contributed by atoms with Crippen LogP contribution < -0.4 is 4.72 Å². The lowest BCUT2D eigenvalue weighted by molar-refractivity contribution is -0.159. The molecule has 162 valence electrons. The fourth-order valence-corrected chi connectivity index (χ4v) is 3.90. The Hall–Kier alpha value is -3.32. The van der Waals surface area contributed by atoms with E-state index in [1.165, 1.54) is 30.6 Å². The molecule has 2 aromatic heterocycles. The van der Waals surface area contributed by atoms with E-state index in [2.05, 4.69) is 24.4 Å². The second kappa shape index (κ2) is 7.74. The first-order chi connectivity index (χ1) is 14.6. The van der Waals surface area contributed by atoms with Crippen molar-refractivity contribution in [2.24, 2.45) is 0 Å². The molecule has 0 aliphatic carbocycles. The Labute approximate surface area is 172 Å². The molecule has 0 aliphatic heterocycles. The minimum Gasteiger partial charge on any atom is -0.329 e. The summed E-state index contributed by atoms with van der Waals surface area (Å²) >= 11 is 0. The van der Waals surface area contributed by atoms with Crippen molar-refractivity contribution in [3.8, 4) is 11.4 Å². The molecule has 0 atom stereocenters. The second-order valence-corrected chi connectivity index (χ2v) is 8.18. The second-order valence-electron chi connectivity index (χ2n) is 6.42. The number of fused-ring (bicyclic) bond motifs is 1. The number of nitrogens with zero attached hydrogens (tertiary/aromatic N) is 4. The largest absolute Gasteiger partial charge is 0.471 e. The zero-order valence-electron chi connectivity index (χ0n) is 15.5. The summed E-state index contributed by atoms with van der Waals surface area (Å²) in [6.07, 6.45) is -3.29. The average molecular weight is 455 g/mol. The van der Waals surface area contributed by atoms with E-state index in [9.17, 15) is 26.0 Å². The Kier molecular flexibility index (Phi) is 5.23. The first-order valence-electron chi connectivity index (χ1n) is 8.75. The number of hydrogen-bond acceptors (Lipinski definition) is 6. The van der Waals surface area contributed by atoms with E-state index in [1.807, 2.05) is 0 Å². The maximum Gasteiger partial charge on any atom is 0.471 e. The lowest BCUT2D eigenvalue weighted by Gasteiger charge is -2.08. The smallest absolute Gasteiger partial charge is 0.329 e. The van der Waals surface area contributed by atoms with Crippen LogP contribution in [0.1, 0.15) is 5.89 Å². The standard InChI is InChI=1S/C18H13F4N5O3S/c19-12-2-1-3-13(9-12)31(28,29)24-6-7-27-10-23-14-5-4-11(8-15(14)27)16-25-17(30-26-16)18(20,21)22/h1-5,8-10,24H,6-7H2. The molecule has 2 heterocycles. The monoisotopic (exact) mass is 455 g/mol. The van der Waals surface area contributed by atoms with Crippen molar-refractivity contribution in [3.63, 3.8) is 0 Å². The van der Waals surface area contributed by atoms with Gasteiger partial charge in [0.25, 0.3) is 0 Å². The minimum absolute atomic E-state index is 0.0328. The van der Waals surface area contributed by atoms with E-state index >= 15 is 0 Å².